The molecule has 4 rings (SSSR count). The van der Waals surface area contributed by atoms with Crippen LogP contribution in [0, 0.1) is 5.41 Å². The van der Waals surface area contributed by atoms with Crippen LogP contribution in [0.25, 0.3) is 5.57 Å². The summed E-state index contributed by atoms with van der Waals surface area (Å²) >= 11 is 0. The molecular weight excluding hydrogens is 468 g/mol. The monoisotopic (exact) mass is 499 g/mol. The molecule has 0 bridgehead atoms. The van der Waals surface area contributed by atoms with Gasteiger partial charge in [-0.2, -0.15) is 0 Å². The number of amides is 1. The summed E-state index contributed by atoms with van der Waals surface area (Å²) in [5.74, 6) is -0.322. The number of aromatic nitrogens is 1. The van der Waals surface area contributed by atoms with E-state index in [9.17, 15) is 14.7 Å². The number of carboxylic acid groups (broad SMARTS) is 1. The highest BCUT2D eigenvalue weighted by Crippen LogP contribution is 2.26. The van der Waals surface area contributed by atoms with Crippen LogP contribution in [0.5, 0.6) is 5.75 Å². The number of pyridine rings is 1. The number of rotatable bonds is 9. The fourth-order valence-corrected chi connectivity index (χ4v) is 4.23. The van der Waals surface area contributed by atoms with E-state index in [2.05, 4.69) is 43.1 Å². The lowest BCUT2D eigenvalue weighted by atomic mass is 9.93. The third-order valence-electron chi connectivity index (χ3n) is 6.27. The Kier molecular flexibility index (Phi) is 8.10. The first-order valence-corrected chi connectivity index (χ1v) is 12.2. The maximum atomic E-state index is 13.2. The van der Waals surface area contributed by atoms with Crippen molar-refractivity contribution >= 4 is 23.2 Å². The Hall–Kier alpha value is -4.30. The van der Waals surface area contributed by atoms with Crippen molar-refractivity contribution in [1.82, 2.24) is 9.88 Å². The minimum atomic E-state index is -1.07. The van der Waals surface area contributed by atoms with Gasteiger partial charge in [-0.1, -0.05) is 50.2 Å². The fraction of sp³-hybridized carbons (Fsp3) is 0.241. The standard InChI is InChI=1S/C29H30N4O4/c1-19(2)21-5-3-20(4-6-21)18-37-24-9-7-22(8-10-24)26(27(30)23-11-13-31-14-12-23)28-29(36)33(16-15-32-28)17-25(34)35/h3-14,19,30,32H,15-18H2,1-2H3,(H,34,35)/p+1/b28-26-,30-27?. The molecule has 190 valence electrons. The number of hydrogen-bond donors (Lipinski definition) is 3. The van der Waals surface area contributed by atoms with Crippen LogP contribution in [0.15, 0.2) is 78.8 Å². The molecule has 1 aliphatic heterocycles. The Bertz CT molecular complexity index is 1300. The van der Waals surface area contributed by atoms with Crippen molar-refractivity contribution in [3.63, 3.8) is 0 Å². The summed E-state index contributed by atoms with van der Waals surface area (Å²) in [6.07, 6.45) is 3.19. The maximum Gasteiger partial charge on any atom is 0.323 e. The van der Waals surface area contributed by atoms with Crippen molar-refractivity contribution in [3.05, 3.63) is 101 Å². The first-order valence-electron chi connectivity index (χ1n) is 12.2. The molecule has 1 amide bonds. The molecule has 3 aromatic rings. The molecule has 2 aromatic carbocycles. The van der Waals surface area contributed by atoms with Gasteiger partial charge in [-0.3, -0.25) is 20.0 Å². The van der Waals surface area contributed by atoms with Gasteiger partial charge < -0.3 is 20.1 Å². The second-order valence-electron chi connectivity index (χ2n) is 9.22. The molecule has 2 heterocycles. The average Bonchev–Trinajstić information content (AvgIpc) is 2.91. The lowest BCUT2D eigenvalue weighted by Gasteiger charge is -2.26. The van der Waals surface area contributed by atoms with Gasteiger partial charge in [0.15, 0.2) is 0 Å². The van der Waals surface area contributed by atoms with Crippen molar-refractivity contribution in [2.45, 2.75) is 26.4 Å². The Morgan fingerprint density at radius 1 is 1.05 bits per heavy atom. The van der Waals surface area contributed by atoms with Crippen LogP contribution in [-0.4, -0.2) is 52.2 Å². The van der Waals surface area contributed by atoms with E-state index < -0.39 is 11.9 Å². The number of carbonyl (C=O) groups is 2. The third kappa shape index (κ3) is 6.29. The summed E-state index contributed by atoms with van der Waals surface area (Å²) < 4.78 is 5.97. The van der Waals surface area contributed by atoms with E-state index in [1.165, 1.54) is 10.5 Å². The van der Waals surface area contributed by atoms with Crippen molar-refractivity contribution in [2.24, 2.45) is 0 Å². The molecule has 0 radical (unpaired) electrons. The molecule has 0 saturated carbocycles. The van der Waals surface area contributed by atoms with Gasteiger partial charge in [0.2, 0.25) is 5.70 Å². The van der Waals surface area contributed by atoms with Crippen molar-refractivity contribution < 1.29 is 24.7 Å². The molecule has 1 saturated heterocycles. The Morgan fingerprint density at radius 3 is 2.35 bits per heavy atom. The number of nitrogens with one attached hydrogen (secondary N) is 1. The highest BCUT2D eigenvalue weighted by molar-refractivity contribution is 6.33. The van der Waals surface area contributed by atoms with E-state index in [1.54, 1.807) is 29.8 Å². The van der Waals surface area contributed by atoms with Gasteiger partial charge in [0.05, 0.1) is 24.4 Å². The van der Waals surface area contributed by atoms with Crippen LogP contribution in [0.3, 0.4) is 0 Å². The predicted octanol–water partition coefficient (Wildman–Crippen LogP) is 3.05. The van der Waals surface area contributed by atoms with Crippen LogP contribution in [-0.2, 0) is 16.2 Å². The first kappa shape index (κ1) is 25.8. The van der Waals surface area contributed by atoms with Gasteiger partial charge in [0.25, 0.3) is 0 Å². The van der Waals surface area contributed by atoms with Gasteiger partial charge in [-0.05, 0) is 46.9 Å². The highest BCUT2D eigenvalue weighted by Gasteiger charge is 2.33. The molecule has 8 nitrogen and oxygen atoms in total. The molecule has 1 fully saturated rings. The van der Waals surface area contributed by atoms with Crippen molar-refractivity contribution in [3.8, 4) is 5.75 Å². The van der Waals surface area contributed by atoms with Crippen LogP contribution in [0.2, 0.25) is 0 Å². The minimum Gasteiger partial charge on any atom is -0.489 e. The number of aliphatic carboxylic acids is 1. The lowest BCUT2D eigenvalue weighted by molar-refractivity contribution is -0.605. The van der Waals surface area contributed by atoms with E-state index in [1.807, 2.05) is 24.3 Å². The number of carboxylic acids is 1. The van der Waals surface area contributed by atoms with Gasteiger partial charge in [-0.25, -0.2) is 0 Å². The molecular formula is C29H31N4O4+. The Balaban J connectivity index is 1.61. The Morgan fingerprint density at radius 2 is 1.73 bits per heavy atom. The molecule has 1 aliphatic rings. The number of quaternary nitrogens is 1. The minimum absolute atomic E-state index is 0.165. The van der Waals surface area contributed by atoms with Crippen LogP contribution in [0.1, 0.15) is 42.0 Å². The van der Waals surface area contributed by atoms with Gasteiger partial charge in [0, 0.05) is 18.0 Å². The number of benzene rings is 2. The summed E-state index contributed by atoms with van der Waals surface area (Å²) in [7, 11) is 0. The molecule has 0 unspecified atom stereocenters. The summed E-state index contributed by atoms with van der Waals surface area (Å²) in [6.45, 7) is 5.21. The maximum absolute atomic E-state index is 13.2. The number of nitrogens with zero attached hydrogens (tertiary/aromatic N) is 2. The molecule has 0 spiro atoms. The zero-order valence-corrected chi connectivity index (χ0v) is 21.0. The second-order valence-corrected chi connectivity index (χ2v) is 9.22. The van der Waals surface area contributed by atoms with E-state index >= 15 is 0 Å². The zero-order valence-electron chi connectivity index (χ0n) is 21.0. The summed E-state index contributed by atoms with van der Waals surface area (Å²) in [5, 5.41) is 19.9. The van der Waals surface area contributed by atoms with E-state index in [0.717, 1.165) is 5.56 Å². The van der Waals surface area contributed by atoms with Crippen LogP contribution in [0.4, 0.5) is 0 Å². The van der Waals surface area contributed by atoms with Gasteiger partial charge >= 0.3 is 11.9 Å². The van der Waals surface area contributed by atoms with E-state index in [4.69, 9.17) is 10.1 Å². The molecule has 37 heavy (non-hydrogen) atoms. The summed E-state index contributed by atoms with van der Waals surface area (Å²) in [6, 6.07) is 19.1. The fourth-order valence-electron chi connectivity index (χ4n) is 4.23. The summed E-state index contributed by atoms with van der Waals surface area (Å²) in [5.41, 5.74) is 4.57. The topological polar surface area (TPSA) is 120 Å². The normalized spacial score (nSPS) is 15.0. The van der Waals surface area contributed by atoms with Crippen LogP contribution >= 0.6 is 0 Å². The number of carbonyl (C=O) groups excluding carboxylic acids is 1. The number of allylic oxidation sites excluding steroid dienone is 1. The predicted molar refractivity (Wildman–Crippen MR) is 140 cm³/mol. The highest BCUT2D eigenvalue weighted by atomic mass is 16.5. The third-order valence-corrected chi connectivity index (χ3v) is 6.27. The number of nitrogens with two attached hydrogens (primary N) is 1. The number of piperazine rings is 1. The van der Waals surface area contributed by atoms with Crippen molar-refractivity contribution in [2.75, 3.05) is 19.6 Å². The molecule has 4 N–H and O–H groups in total. The average molecular weight is 500 g/mol. The van der Waals surface area contributed by atoms with E-state index in [-0.39, 0.29) is 12.3 Å². The van der Waals surface area contributed by atoms with E-state index in [0.29, 0.717) is 53.8 Å². The molecule has 0 aliphatic carbocycles. The number of ether oxygens (including phenoxy) is 1. The number of hydrogen-bond acceptors (Lipinski definition) is 5. The zero-order chi connectivity index (χ0) is 26.4. The largest absolute Gasteiger partial charge is 0.489 e. The lowest BCUT2D eigenvalue weighted by Crippen LogP contribution is -2.89. The van der Waals surface area contributed by atoms with Gasteiger partial charge in [0.1, 0.15) is 18.9 Å². The quantitative estimate of drug-likeness (QED) is 0.309. The second kappa shape index (κ2) is 11.6. The Labute approximate surface area is 216 Å². The first-order chi connectivity index (χ1) is 17.8. The van der Waals surface area contributed by atoms with Crippen LogP contribution < -0.4 is 10.1 Å². The summed E-state index contributed by atoms with van der Waals surface area (Å²) in [4.78, 5) is 29.9. The molecule has 8 heteroatoms. The van der Waals surface area contributed by atoms with Gasteiger partial charge in [-0.15, -0.1) is 0 Å². The smallest absolute Gasteiger partial charge is 0.323 e. The van der Waals surface area contributed by atoms with Crippen molar-refractivity contribution in [1.29, 1.82) is 5.41 Å². The molecule has 0 atom stereocenters. The molecule has 1 aromatic heterocycles. The SMILES string of the molecule is CC(C)c1ccc(COc2ccc(/C(C(=N)c3ccncc3)=C3/[NH2+]CCN(CC(=O)O)C3=O)cc2)cc1.